The van der Waals surface area contributed by atoms with E-state index in [0.717, 1.165) is 82.3 Å². The third-order valence-corrected chi connectivity index (χ3v) is 8.23. The summed E-state index contributed by atoms with van der Waals surface area (Å²) in [7, 11) is 1.90. The van der Waals surface area contributed by atoms with Crippen molar-refractivity contribution in [2.24, 2.45) is 0 Å². The van der Waals surface area contributed by atoms with Gasteiger partial charge in [-0.3, -0.25) is 9.69 Å². The Morgan fingerprint density at radius 2 is 1.81 bits per heavy atom. The molecule has 1 unspecified atom stereocenters. The van der Waals surface area contributed by atoms with E-state index in [1.54, 1.807) is 0 Å². The highest BCUT2D eigenvalue weighted by molar-refractivity contribution is 5.96. The molecule has 0 aliphatic carbocycles. The monoisotopic (exact) mass is 441 g/mol. The maximum absolute atomic E-state index is 13.1. The molecule has 1 aromatic carbocycles. The van der Waals surface area contributed by atoms with Crippen molar-refractivity contribution in [1.82, 2.24) is 14.7 Å². The molecular formula is C26H39N3O3. The molecule has 3 aliphatic rings. The van der Waals surface area contributed by atoms with Gasteiger partial charge in [-0.05, 0) is 50.3 Å². The first-order valence-corrected chi connectivity index (χ1v) is 12.4. The number of unbranched alkanes of at least 4 members (excludes halogenated alkanes) is 1. The van der Waals surface area contributed by atoms with Crippen molar-refractivity contribution in [2.75, 3.05) is 33.2 Å². The number of likely N-dealkylation sites (N-methyl/N-ethyl adjacent to an activating group) is 1. The Morgan fingerprint density at radius 1 is 1.12 bits per heavy atom. The van der Waals surface area contributed by atoms with Gasteiger partial charge >= 0.3 is 6.09 Å². The van der Waals surface area contributed by atoms with Gasteiger partial charge in [0.05, 0.1) is 6.04 Å². The van der Waals surface area contributed by atoms with Crippen LogP contribution in [0.2, 0.25) is 0 Å². The molecule has 3 aliphatic heterocycles. The van der Waals surface area contributed by atoms with E-state index in [-0.39, 0.29) is 23.6 Å². The number of likely N-dealkylation sites (tertiary alicyclic amines) is 2. The van der Waals surface area contributed by atoms with Crippen LogP contribution in [0.4, 0.5) is 4.79 Å². The molecule has 0 radical (unpaired) electrons. The van der Waals surface area contributed by atoms with Gasteiger partial charge in [0.1, 0.15) is 5.60 Å². The molecule has 3 fully saturated rings. The fourth-order valence-corrected chi connectivity index (χ4v) is 5.94. The van der Waals surface area contributed by atoms with Crippen molar-refractivity contribution < 1.29 is 14.3 Å². The topological polar surface area (TPSA) is 53.1 Å². The van der Waals surface area contributed by atoms with Crippen LogP contribution in [0, 0.1) is 13.8 Å². The van der Waals surface area contributed by atoms with Crippen LogP contribution in [0.25, 0.3) is 0 Å². The van der Waals surface area contributed by atoms with Gasteiger partial charge in [0.2, 0.25) is 0 Å². The van der Waals surface area contributed by atoms with Crippen molar-refractivity contribution in [2.45, 2.75) is 83.4 Å². The minimum Gasteiger partial charge on any atom is -0.440 e. The minimum atomic E-state index is -0.309. The fourth-order valence-electron chi connectivity index (χ4n) is 5.94. The number of benzene rings is 1. The molecule has 0 aromatic heterocycles. The maximum Gasteiger partial charge on any atom is 0.410 e. The molecule has 3 saturated heterocycles. The van der Waals surface area contributed by atoms with Gasteiger partial charge in [-0.2, -0.15) is 0 Å². The van der Waals surface area contributed by atoms with Crippen LogP contribution in [-0.2, 0) is 4.74 Å². The van der Waals surface area contributed by atoms with Crippen molar-refractivity contribution in [3.05, 3.63) is 34.9 Å². The number of nitrogens with zero attached hydrogens (tertiary/aromatic N) is 3. The largest absolute Gasteiger partial charge is 0.440 e. The Morgan fingerprint density at radius 3 is 2.47 bits per heavy atom. The van der Waals surface area contributed by atoms with Gasteiger partial charge in [-0.25, -0.2) is 4.79 Å². The summed E-state index contributed by atoms with van der Waals surface area (Å²) in [6.45, 7) is 9.88. The number of hydrogen-bond acceptors (Lipinski definition) is 4. The minimum absolute atomic E-state index is 0.155. The first kappa shape index (κ1) is 23.1. The summed E-state index contributed by atoms with van der Waals surface area (Å²) in [6.07, 6.45) is 7.00. The summed E-state index contributed by atoms with van der Waals surface area (Å²) < 4.78 is 5.97. The lowest BCUT2D eigenvalue weighted by molar-refractivity contribution is -0.0375. The van der Waals surface area contributed by atoms with E-state index in [0.29, 0.717) is 6.04 Å². The Kier molecular flexibility index (Phi) is 6.80. The third-order valence-electron chi connectivity index (χ3n) is 8.23. The van der Waals surface area contributed by atoms with Gasteiger partial charge in [0.15, 0.2) is 0 Å². The van der Waals surface area contributed by atoms with Crippen molar-refractivity contribution in [3.8, 4) is 0 Å². The van der Waals surface area contributed by atoms with Gasteiger partial charge in [0, 0.05) is 57.7 Å². The van der Waals surface area contributed by atoms with E-state index >= 15 is 0 Å². The molecule has 0 saturated carbocycles. The molecule has 0 N–H and O–H groups in total. The van der Waals surface area contributed by atoms with Crippen LogP contribution in [0.3, 0.4) is 0 Å². The summed E-state index contributed by atoms with van der Waals surface area (Å²) in [4.78, 5) is 31.8. The SMILES string of the molecule is CCCCC1N(C)C(=O)OC12CCN(C1CCN(C(=O)c3cccc(C)c3C)CC1)CC2. The molecule has 4 rings (SSSR count). The summed E-state index contributed by atoms with van der Waals surface area (Å²) >= 11 is 0. The molecule has 0 bridgehead atoms. The number of ether oxygens (including phenoxy) is 1. The molecule has 1 atom stereocenters. The van der Waals surface area contributed by atoms with Gasteiger partial charge in [0.25, 0.3) is 5.91 Å². The first-order valence-electron chi connectivity index (χ1n) is 12.4. The molecule has 1 aromatic rings. The number of carbonyl (C=O) groups is 2. The predicted octanol–water partition coefficient (Wildman–Crippen LogP) is 4.38. The molecule has 176 valence electrons. The van der Waals surface area contributed by atoms with E-state index in [9.17, 15) is 9.59 Å². The summed E-state index contributed by atoms with van der Waals surface area (Å²) in [5, 5.41) is 0. The van der Waals surface area contributed by atoms with Crippen LogP contribution >= 0.6 is 0 Å². The molecule has 6 nitrogen and oxygen atoms in total. The first-order chi connectivity index (χ1) is 15.4. The molecule has 3 heterocycles. The van der Waals surface area contributed by atoms with Crippen LogP contribution in [0.5, 0.6) is 0 Å². The van der Waals surface area contributed by atoms with Gasteiger partial charge in [-0.1, -0.05) is 31.9 Å². The van der Waals surface area contributed by atoms with Crippen LogP contribution in [-0.4, -0.2) is 77.6 Å². The summed E-state index contributed by atoms with van der Waals surface area (Å²) in [5.74, 6) is 0.168. The predicted molar refractivity (Wildman–Crippen MR) is 126 cm³/mol. The highest BCUT2D eigenvalue weighted by atomic mass is 16.6. The lowest BCUT2D eigenvalue weighted by Crippen LogP contribution is -2.55. The molecule has 32 heavy (non-hydrogen) atoms. The quantitative estimate of drug-likeness (QED) is 0.680. The van der Waals surface area contributed by atoms with Crippen LogP contribution < -0.4 is 0 Å². The fraction of sp³-hybridized carbons (Fsp3) is 0.692. The van der Waals surface area contributed by atoms with E-state index in [2.05, 4.69) is 24.8 Å². The third kappa shape index (κ3) is 4.26. The van der Waals surface area contributed by atoms with Gasteiger partial charge < -0.3 is 14.5 Å². The second kappa shape index (κ2) is 9.42. The summed E-state index contributed by atoms with van der Waals surface area (Å²) in [5.41, 5.74) is 2.79. The average molecular weight is 442 g/mol. The van der Waals surface area contributed by atoms with Crippen molar-refractivity contribution in [1.29, 1.82) is 0 Å². The number of hydrogen-bond donors (Lipinski definition) is 0. The van der Waals surface area contributed by atoms with Crippen LogP contribution in [0.15, 0.2) is 18.2 Å². The number of aryl methyl sites for hydroxylation is 1. The van der Waals surface area contributed by atoms with Crippen molar-refractivity contribution >= 4 is 12.0 Å². The average Bonchev–Trinajstić information content (AvgIpc) is 3.03. The highest BCUT2D eigenvalue weighted by Gasteiger charge is 2.53. The standard InChI is InChI=1S/C26H39N3O3/c1-5-6-10-23-26(32-25(31)27(23)4)13-17-28(18-14-26)21-11-15-29(16-12-21)24(30)22-9-7-8-19(2)20(22)3/h7-9,21,23H,5-6,10-18H2,1-4H3. The zero-order valence-electron chi connectivity index (χ0n) is 20.2. The second-order valence-corrected chi connectivity index (χ2v) is 10.0. The summed E-state index contributed by atoms with van der Waals surface area (Å²) in [6, 6.07) is 6.71. The zero-order chi connectivity index (χ0) is 22.9. The Bertz CT molecular complexity index is 839. The number of carbonyl (C=O) groups excluding carboxylic acids is 2. The second-order valence-electron chi connectivity index (χ2n) is 10.0. The van der Waals surface area contributed by atoms with Crippen LogP contribution in [0.1, 0.15) is 73.4 Å². The lowest BCUT2D eigenvalue weighted by atomic mass is 9.81. The Balaban J connectivity index is 1.32. The Hall–Kier alpha value is -2.08. The molecule has 6 heteroatoms. The lowest BCUT2D eigenvalue weighted by Gasteiger charge is -2.46. The smallest absolute Gasteiger partial charge is 0.410 e. The molecular weight excluding hydrogens is 402 g/mol. The van der Waals surface area contributed by atoms with Gasteiger partial charge in [-0.15, -0.1) is 0 Å². The normalized spacial score (nSPS) is 24.2. The zero-order valence-corrected chi connectivity index (χ0v) is 20.2. The highest BCUT2D eigenvalue weighted by Crippen LogP contribution is 2.41. The van der Waals surface area contributed by atoms with E-state index in [4.69, 9.17) is 4.74 Å². The van der Waals surface area contributed by atoms with E-state index in [1.807, 2.05) is 35.9 Å². The number of piperidine rings is 2. The molecule has 2 amide bonds. The number of amides is 2. The number of rotatable bonds is 5. The van der Waals surface area contributed by atoms with E-state index < -0.39 is 0 Å². The maximum atomic E-state index is 13.1. The van der Waals surface area contributed by atoms with Crippen molar-refractivity contribution in [3.63, 3.8) is 0 Å². The van der Waals surface area contributed by atoms with E-state index in [1.165, 1.54) is 5.56 Å². The molecule has 1 spiro atoms. The Labute approximate surface area is 192 Å².